The minimum Gasteiger partial charge on any atom is -0.351 e. The number of nitrogens with zero attached hydrogens (tertiary/aromatic N) is 1. The lowest BCUT2D eigenvalue weighted by atomic mass is 9.91. The van der Waals surface area contributed by atoms with Gasteiger partial charge in [0.2, 0.25) is 5.91 Å². The van der Waals surface area contributed by atoms with Crippen molar-refractivity contribution in [3.05, 3.63) is 35.4 Å². The summed E-state index contributed by atoms with van der Waals surface area (Å²) in [5.74, 6) is 2.44. The van der Waals surface area contributed by atoms with Crippen molar-refractivity contribution in [1.29, 1.82) is 0 Å². The smallest absolute Gasteiger partial charge is 0.234 e. The number of piperidine rings is 1. The lowest BCUT2D eigenvalue weighted by Gasteiger charge is -2.35. The molecule has 0 bridgehead atoms. The van der Waals surface area contributed by atoms with Crippen molar-refractivity contribution >= 4 is 30.7 Å². The Labute approximate surface area is 176 Å². The van der Waals surface area contributed by atoms with Crippen molar-refractivity contribution in [2.75, 3.05) is 26.2 Å². The van der Waals surface area contributed by atoms with E-state index >= 15 is 0 Å². The van der Waals surface area contributed by atoms with E-state index in [1.165, 1.54) is 43.5 Å². The van der Waals surface area contributed by atoms with Gasteiger partial charge in [-0.05, 0) is 54.7 Å². The summed E-state index contributed by atoms with van der Waals surface area (Å²) < 4.78 is 0. The summed E-state index contributed by atoms with van der Waals surface area (Å²) >= 11 is 0. The van der Waals surface area contributed by atoms with Crippen molar-refractivity contribution in [1.82, 2.24) is 15.5 Å². The highest BCUT2D eigenvalue weighted by Crippen LogP contribution is 2.27. The normalized spacial score (nSPS) is 22.4. The molecule has 154 valence electrons. The molecule has 1 heterocycles. The molecule has 6 heteroatoms. The topological polar surface area (TPSA) is 44.4 Å². The third kappa shape index (κ3) is 8.39. The molecule has 1 amide bonds. The maximum Gasteiger partial charge on any atom is 0.234 e. The Kier molecular flexibility index (Phi) is 10.7. The van der Waals surface area contributed by atoms with Gasteiger partial charge in [0, 0.05) is 26.2 Å². The Balaban J connectivity index is 0.00000182. The number of benzene rings is 1. The first-order valence-corrected chi connectivity index (χ1v) is 9.86. The maximum absolute atomic E-state index is 12.0. The van der Waals surface area contributed by atoms with Crippen molar-refractivity contribution in [2.24, 2.45) is 17.8 Å². The molecule has 1 aliphatic heterocycles. The molecule has 3 rings (SSSR count). The van der Waals surface area contributed by atoms with Crippen LogP contribution in [0.5, 0.6) is 0 Å². The molecule has 2 atom stereocenters. The number of nitrogens with one attached hydrogen (secondary N) is 2. The number of hydrogen-bond donors (Lipinski definition) is 2. The van der Waals surface area contributed by atoms with Crippen LogP contribution in [0.1, 0.15) is 44.2 Å². The second kappa shape index (κ2) is 11.9. The second-order valence-corrected chi connectivity index (χ2v) is 8.26. The van der Waals surface area contributed by atoms with E-state index in [1.807, 2.05) is 0 Å². The molecule has 0 radical (unpaired) electrons. The Bertz CT molecular complexity index is 570. The fourth-order valence-electron chi connectivity index (χ4n) is 4.01. The number of halogens is 2. The molecule has 1 saturated carbocycles. The first-order chi connectivity index (χ1) is 12.1. The van der Waals surface area contributed by atoms with E-state index in [0.29, 0.717) is 13.1 Å². The van der Waals surface area contributed by atoms with Gasteiger partial charge in [-0.2, -0.15) is 0 Å². The molecule has 27 heavy (non-hydrogen) atoms. The van der Waals surface area contributed by atoms with Crippen LogP contribution in [0.2, 0.25) is 0 Å². The van der Waals surface area contributed by atoms with Gasteiger partial charge in [-0.15, -0.1) is 24.8 Å². The van der Waals surface area contributed by atoms with Gasteiger partial charge in [-0.25, -0.2) is 0 Å². The van der Waals surface area contributed by atoms with Crippen molar-refractivity contribution in [3.63, 3.8) is 0 Å². The summed E-state index contributed by atoms with van der Waals surface area (Å²) in [6.07, 6.45) is 3.97. The van der Waals surface area contributed by atoms with Crippen LogP contribution < -0.4 is 10.6 Å². The summed E-state index contributed by atoms with van der Waals surface area (Å²) in [6.45, 7) is 10.1. The quantitative estimate of drug-likeness (QED) is 0.681. The third-order valence-electron chi connectivity index (χ3n) is 5.35. The monoisotopic (exact) mass is 415 g/mol. The Hall–Kier alpha value is -0.810. The molecule has 0 spiro atoms. The molecule has 2 aliphatic rings. The fraction of sp³-hybridized carbons (Fsp3) is 0.667. The molecule has 0 aromatic heterocycles. The van der Waals surface area contributed by atoms with Gasteiger partial charge in [0.05, 0.1) is 6.54 Å². The molecule has 1 aromatic carbocycles. The van der Waals surface area contributed by atoms with Gasteiger partial charge >= 0.3 is 0 Å². The van der Waals surface area contributed by atoms with E-state index in [4.69, 9.17) is 0 Å². The average Bonchev–Trinajstić information content (AvgIpc) is 3.37. The highest BCUT2D eigenvalue weighted by molar-refractivity contribution is 5.85. The van der Waals surface area contributed by atoms with Gasteiger partial charge in [0.25, 0.3) is 0 Å². The van der Waals surface area contributed by atoms with Gasteiger partial charge in [0.15, 0.2) is 0 Å². The zero-order chi connectivity index (χ0) is 17.6. The lowest BCUT2D eigenvalue weighted by Crippen LogP contribution is -2.38. The van der Waals surface area contributed by atoms with Crippen LogP contribution in [-0.2, 0) is 17.9 Å². The molecule has 1 aromatic rings. The summed E-state index contributed by atoms with van der Waals surface area (Å²) in [6, 6.07) is 8.52. The van der Waals surface area contributed by atoms with Crippen molar-refractivity contribution in [3.8, 4) is 0 Å². The Morgan fingerprint density at radius 2 is 1.70 bits per heavy atom. The predicted octanol–water partition coefficient (Wildman–Crippen LogP) is 3.62. The molecular formula is C21H35Cl2N3O. The molecule has 2 fully saturated rings. The summed E-state index contributed by atoms with van der Waals surface area (Å²) in [7, 11) is 0. The van der Waals surface area contributed by atoms with Crippen molar-refractivity contribution in [2.45, 2.75) is 46.2 Å². The summed E-state index contributed by atoms with van der Waals surface area (Å²) in [5, 5.41) is 6.32. The van der Waals surface area contributed by atoms with Gasteiger partial charge in [-0.1, -0.05) is 38.1 Å². The van der Waals surface area contributed by atoms with E-state index in [0.717, 1.165) is 30.8 Å². The standard InChI is InChI=1S/C21H33N3O.2ClH/c1-16-9-17(2)14-24(13-16)15-20-6-4-3-5-19(20)11-23-21(25)12-22-10-18-7-8-18;;/h3-6,16-18,22H,7-15H2,1-2H3,(H,23,25);2*1H. The SMILES string of the molecule is CC1CC(C)CN(Cc2ccccc2CNC(=O)CNCC2CC2)C1.Cl.Cl. The third-order valence-corrected chi connectivity index (χ3v) is 5.35. The van der Waals surface area contributed by atoms with Crippen LogP contribution in [0.15, 0.2) is 24.3 Å². The first-order valence-electron chi connectivity index (χ1n) is 9.86. The van der Waals surface area contributed by atoms with E-state index in [9.17, 15) is 4.79 Å². The second-order valence-electron chi connectivity index (χ2n) is 8.26. The Morgan fingerprint density at radius 1 is 1.07 bits per heavy atom. The fourth-order valence-corrected chi connectivity index (χ4v) is 4.01. The molecule has 2 N–H and O–H groups in total. The van der Waals surface area contributed by atoms with Gasteiger partial charge in [0.1, 0.15) is 0 Å². The number of amides is 1. The van der Waals surface area contributed by atoms with Crippen LogP contribution in [0.4, 0.5) is 0 Å². The van der Waals surface area contributed by atoms with Gasteiger partial charge < -0.3 is 10.6 Å². The van der Waals surface area contributed by atoms with Crippen LogP contribution in [0.25, 0.3) is 0 Å². The number of carbonyl (C=O) groups is 1. The number of carbonyl (C=O) groups excluding carboxylic acids is 1. The van der Waals surface area contributed by atoms with E-state index in [2.05, 4.69) is 53.6 Å². The summed E-state index contributed by atoms with van der Waals surface area (Å²) in [4.78, 5) is 14.6. The number of rotatable bonds is 8. The molecule has 1 aliphatic carbocycles. The van der Waals surface area contributed by atoms with Crippen LogP contribution >= 0.6 is 24.8 Å². The highest BCUT2D eigenvalue weighted by atomic mass is 35.5. The maximum atomic E-state index is 12.0. The average molecular weight is 416 g/mol. The summed E-state index contributed by atoms with van der Waals surface area (Å²) in [5.41, 5.74) is 2.58. The van der Waals surface area contributed by atoms with E-state index in [-0.39, 0.29) is 30.7 Å². The first kappa shape index (κ1) is 24.2. The highest BCUT2D eigenvalue weighted by Gasteiger charge is 2.22. The number of hydrogen-bond acceptors (Lipinski definition) is 3. The lowest BCUT2D eigenvalue weighted by molar-refractivity contribution is -0.120. The Morgan fingerprint density at radius 3 is 2.33 bits per heavy atom. The van der Waals surface area contributed by atoms with Crippen LogP contribution in [-0.4, -0.2) is 37.0 Å². The van der Waals surface area contributed by atoms with Crippen LogP contribution in [0.3, 0.4) is 0 Å². The molecule has 4 nitrogen and oxygen atoms in total. The molecule has 2 unspecified atom stereocenters. The largest absolute Gasteiger partial charge is 0.351 e. The van der Waals surface area contributed by atoms with E-state index < -0.39 is 0 Å². The van der Waals surface area contributed by atoms with E-state index in [1.54, 1.807) is 0 Å². The number of likely N-dealkylation sites (tertiary alicyclic amines) is 1. The van der Waals surface area contributed by atoms with Gasteiger partial charge in [-0.3, -0.25) is 9.69 Å². The molecular weight excluding hydrogens is 381 g/mol. The predicted molar refractivity (Wildman–Crippen MR) is 117 cm³/mol. The minimum absolute atomic E-state index is 0. The minimum atomic E-state index is 0. The van der Waals surface area contributed by atoms with Crippen LogP contribution in [0, 0.1) is 17.8 Å². The zero-order valence-electron chi connectivity index (χ0n) is 16.6. The zero-order valence-corrected chi connectivity index (χ0v) is 18.2. The van der Waals surface area contributed by atoms with Crippen molar-refractivity contribution < 1.29 is 4.79 Å². The molecule has 1 saturated heterocycles.